The highest BCUT2D eigenvalue weighted by molar-refractivity contribution is 5.93. The lowest BCUT2D eigenvalue weighted by molar-refractivity contribution is -0.114. The highest BCUT2D eigenvalue weighted by Gasteiger charge is 2.04. The maximum atomic E-state index is 12.3. The molecule has 0 aliphatic rings. The lowest BCUT2D eigenvalue weighted by Gasteiger charge is -2.11. The van der Waals surface area contributed by atoms with Gasteiger partial charge in [0.1, 0.15) is 30.5 Å². The van der Waals surface area contributed by atoms with Crippen LogP contribution in [0.3, 0.4) is 0 Å². The number of nitrogens with one attached hydrogen (secondary N) is 2. The van der Waals surface area contributed by atoms with Crippen molar-refractivity contribution >= 4 is 17.3 Å². The molecule has 0 aliphatic carbocycles. The van der Waals surface area contributed by atoms with Gasteiger partial charge in [-0.25, -0.2) is 0 Å². The Morgan fingerprint density at radius 1 is 0.556 bits per heavy atom. The van der Waals surface area contributed by atoms with Crippen LogP contribution in [-0.2, 0) is 11.2 Å². The Labute approximate surface area is 211 Å². The summed E-state index contributed by atoms with van der Waals surface area (Å²) >= 11 is 0. The summed E-state index contributed by atoms with van der Waals surface area (Å²) in [6.45, 7) is 1.66. The Bertz CT molecular complexity index is 1180. The van der Waals surface area contributed by atoms with Crippen LogP contribution in [0.15, 0.2) is 109 Å². The molecule has 4 aromatic rings. The third-order valence-electron chi connectivity index (χ3n) is 5.31. The van der Waals surface area contributed by atoms with E-state index in [-0.39, 0.29) is 12.5 Å². The lowest BCUT2D eigenvalue weighted by Crippen LogP contribution is -2.21. The van der Waals surface area contributed by atoms with Crippen LogP contribution in [0.4, 0.5) is 11.4 Å². The summed E-state index contributed by atoms with van der Waals surface area (Å²) in [4.78, 5) is 12.3. The molecule has 2 N–H and O–H groups in total. The molecule has 0 saturated carbocycles. The standard InChI is InChI=1S/C30H30N2O4/c33-30(32-26-13-17-28(18-14-26)34-20-19-24-7-3-1-4-8-24)23-31-25-11-15-29(16-12-25)36-22-21-35-27-9-5-2-6-10-27/h1-18,31H,19-23H2,(H,32,33). The molecule has 0 saturated heterocycles. The zero-order valence-electron chi connectivity index (χ0n) is 20.1. The van der Waals surface area contributed by atoms with Crippen molar-refractivity contribution < 1.29 is 19.0 Å². The number of ether oxygens (including phenoxy) is 3. The van der Waals surface area contributed by atoms with Gasteiger partial charge in [0.25, 0.3) is 0 Å². The number of benzene rings is 4. The van der Waals surface area contributed by atoms with Gasteiger partial charge in [-0.3, -0.25) is 4.79 Å². The average molecular weight is 483 g/mol. The number of para-hydroxylation sites is 1. The van der Waals surface area contributed by atoms with Gasteiger partial charge >= 0.3 is 0 Å². The molecule has 36 heavy (non-hydrogen) atoms. The van der Waals surface area contributed by atoms with Gasteiger partial charge in [0.2, 0.25) is 5.91 Å². The number of amides is 1. The van der Waals surface area contributed by atoms with E-state index in [1.165, 1.54) is 5.56 Å². The van der Waals surface area contributed by atoms with Crippen molar-refractivity contribution in [1.82, 2.24) is 0 Å². The third-order valence-corrected chi connectivity index (χ3v) is 5.31. The molecule has 0 heterocycles. The van der Waals surface area contributed by atoms with Crippen LogP contribution in [0.2, 0.25) is 0 Å². The number of anilines is 2. The fourth-order valence-electron chi connectivity index (χ4n) is 3.46. The molecule has 4 aromatic carbocycles. The van der Waals surface area contributed by atoms with Gasteiger partial charge in [0.15, 0.2) is 0 Å². The first-order valence-electron chi connectivity index (χ1n) is 12.0. The quantitative estimate of drug-likeness (QED) is 0.235. The van der Waals surface area contributed by atoms with Crippen LogP contribution in [0.1, 0.15) is 5.56 Å². The SMILES string of the molecule is O=C(CNc1ccc(OCCOc2ccccc2)cc1)Nc1ccc(OCCc2ccccc2)cc1. The zero-order chi connectivity index (χ0) is 24.8. The van der Waals surface area contributed by atoms with E-state index in [0.29, 0.717) is 19.8 Å². The molecule has 0 spiro atoms. The molecule has 184 valence electrons. The van der Waals surface area contributed by atoms with Gasteiger partial charge in [-0.2, -0.15) is 0 Å². The predicted molar refractivity (Wildman–Crippen MR) is 143 cm³/mol. The first kappa shape index (κ1) is 24.7. The van der Waals surface area contributed by atoms with E-state index in [1.54, 1.807) is 0 Å². The number of carbonyl (C=O) groups excluding carboxylic acids is 1. The first-order valence-corrected chi connectivity index (χ1v) is 12.0. The van der Waals surface area contributed by atoms with Gasteiger partial charge < -0.3 is 24.8 Å². The molecule has 0 radical (unpaired) electrons. The summed E-state index contributed by atoms with van der Waals surface area (Å²) in [6.07, 6.45) is 0.848. The number of hydrogen-bond donors (Lipinski definition) is 2. The van der Waals surface area contributed by atoms with E-state index in [4.69, 9.17) is 14.2 Å². The smallest absolute Gasteiger partial charge is 0.243 e. The molecule has 0 bridgehead atoms. The summed E-state index contributed by atoms with van der Waals surface area (Å²) in [5.41, 5.74) is 2.79. The highest BCUT2D eigenvalue weighted by Crippen LogP contribution is 2.18. The minimum absolute atomic E-state index is 0.133. The van der Waals surface area contributed by atoms with Gasteiger partial charge in [-0.1, -0.05) is 48.5 Å². The maximum Gasteiger partial charge on any atom is 0.243 e. The molecule has 4 rings (SSSR count). The second kappa shape index (κ2) is 13.4. The Balaban J connectivity index is 1.12. The van der Waals surface area contributed by atoms with E-state index in [0.717, 1.165) is 35.0 Å². The van der Waals surface area contributed by atoms with Crippen molar-refractivity contribution in [1.29, 1.82) is 0 Å². The van der Waals surface area contributed by atoms with E-state index < -0.39 is 0 Å². The average Bonchev–Trinajstić information content (AvgIpc) is 2.93. The van der Waals surface area contributed by atoms with E-state index >= 15 is 0 Å². The Morgan fingerprint density at radius 2 is 1.06 bits per heavy atom. The Morgan fingerprint density at radius 3 is 1.67 bits per heavy atom. The number of carbonyl (C=O) groups is 1. The summed E-state index contributed by atoms with van der Waals surface area (Å²) in [5.74, 6) is 2.21. The van der Waals surface area contributed by atoms with Crippen molar-refractivity contribution in [2.75, 3.05) is 37.0 Å². The number of rotatable bonds is 13. The van der Waals surface area contributed by atoms with E-state index in [1.807, 2.05) is 97.1 Å². The molecule has 6 nitrogen and oxygen atoms in total. The van der Waals surface area contributed by atoms with Crippen LogP contribution >= 0.6 is 0 Å². The normalized spacial score (nSPS) is 10.3. The van der Waals surface area contributed by atoms with Crippen molar-refractivity contribution in [2.24, 2.45) is 0 Å². The van der Waals surface area contributed by atoms with Crippen LogP contribution in [0.25, 0.3) is 0 Å². The molecule has 0 atom stereocenters. The van der Waals surface area contributed by atoms with Crippen molar-refractivity contribution in [3.8, 4) is 17.2 Å². The fourth-order valence-corrected chi connectivity index (χ4v) is 3.46. The molecule has 0 fully saturated rings. The largest absolute Gasteiger partial charge is 0.493 e. The Kier molecular flexibility index (Phi) is 9.21. The number of hydrogen-bond acceptors (Lipinski definition) is 5. The minimum Gasteiger partial charge on any atom is -0.493 e. The Hall–Kier alpha value is -4.45. The summed E-state index contributed by atoms with van der Waals surface area (Å²) in [5, 5.41) is 6.00. The third kappa shape index (κ3) is 8.40. The van der Waals surface area contributed by atoms with Crippen LogP contribution < -0.4 is 24.8 Å². The second-order valence-corrected chi connectivity index (χ2v) is 8.04. The molecule has 0 aliphatic heterocycles. The summed E-state index contributed by atoms with van der Waals surface area (Å²) in [6, 6.07) is 34.7. The molecular weight excluding hydrogens is 452 g/mol. The summed E-state index contributed by atoms with van der Waals surface area (Å²) in [7, 11) is 0. The first-order chi connectivity index (χ1) is 17.7. The lowest BCUT2D eigenvalue weighted by atomic mass is 10.2. The maximum absolute atomic E-state index is 12.3. The molecule has 0 aromatic heterocycles. The summed E-state index contributed by atoms with van der Waals surface area (Å²) < 4.78 is 17.1. The topological polar surface area (TPSA) is 68.8 Å². The zero-order valence-corrected chi connectivity index (χ0v) is 20.1. The van der Waals surface area contributed by atoms with Crippen LogP contribution in [0, 0.1) is 0 Å². The van der Waals surface area contributed by atoms with Gasteiger partial charge in [0.05, 0.1) is 13.2 Å². The van der Waals surface area contributed by atoms with Gasteiger partial charge in [-0.05, 0) is 66.2 Å². The fraction of sp³-hybridized carbons (Fsp3) is 0.167. The van der Waals surface area contributed by atoms with Crippen LogP contribution in [-0.4, -0.2) is 32.3 Å². The second-order valence-electron chi connectivity index (χ2n) is 8.04. The minimum atomic E-state index is -0.133. The van der Waals surface area contributed by atoms with E-state index in [2.05, 4.69) is 22.8 Å². The monoisotopic (exact) mass is 482 g/mol. The van der Waals surface area contributed by atoms with Crippen molar-refractivity contribution in [3.63, 3.8) is 0 Å². The molecule has 0 unspecified atom stereocenters. The predicted octanol–water partition coefficient (Wildman–Crippen LogP) is 5.82. The van der Waals surface area contributed by atoms with E-state index in [9.17, 15) is 4.79 Å². The molecule has 6 heteroatoms. The van der Waals surface area contributed by atoms with Gasteiger partial charge in [-0.15, -0.1) is 0 Å². The molecule has 1 amide bonds. The van der Waals surface area contributed by atoms with Gasteiger partial charge in [0, 0.05) is 17.8 Å². The van der Waals surface area contributed by atoms with Crippen molar-refractivity contribution in [2.45, 2.75) is 6.42 Å². The van der Waals surface area contributed by atoms with Crippen molar-refractivity contribution in [3.05, 3.63) is 115 Å². The molecular formula is C30H30N2O4. The highest BCUT2D eigenvalue weighted by atomic mass is 16.5. The van der Waals surface area contributed by atoms with Crippen LogP contribution in [0.5, 0.6) is 17.2 Å².